The zero-order chi connectivity index (χ0) is 10.1. The normalized spacial score (nSPS) is 23.6. The summed E-state index contributed by atoms with van der Waals surface area (Å²) in [5, 5.41) is 0. The van der Waals surface area contributed by atoms with E-state index < -0.39 is 0 Å². The van der Waals surface area contributed by atoms with Crippen LogP contribution in [-0.2, 0) is 0 Å². The molecule has 1 unspecified atom stereocenters. The van der Waals surface area contributed by atoms with Crippen LogP contribution in [0.1, 0.15) is 20.3 Å². The molecule has 1 heterocycles. The van der Waals surface area contributed by atoms with Crippen molar-refractivity contribution in [3.8, 4) is 0 Å². The third-order valence-electron chi connectivity index (χ3n) is 3.13. The SMILES string of the molecule is CC(C)(CN)C1CCN(C(N)=O)C1. The molecule has 76 valence electrons. The molecule has 2 amide bonds. The molecule has 4 nitrogen and oxygen atoms in total. The van der Waals surface area contributed by atoms with Gasteiger partial charge < -0.3 is 16.4 Å². The Labute approximate surface area is 79.3 Å². The molecule has 0 aromatic rings. The van der Waals surface area contributed by atoms with Gasteiger partial charge in [0.1, 0.15) is 0 Å². The maximum absolute atomic E-state index is 10.9. The van der Waals surface area contributed by atoms with E-state index in [1.165, 1.54) is 0 Å². The van der Waals surface area contributed by atoms with Gasteiger partial charge in [0, 0.05) is 13.1 Å². The monoisotopic (exact) mass is 185 g/mol. The number of primary amides is 1. The van der Waals surface area contributed by atoms with Crippen LogP contribution >= 0.6 is 0 Å². The number of urea groups is 1. The van der Waals surface area contributed by atoms with E-state index in [0.29, 0.717) is 12.5 Å². The Bertz CT molecular complexity index is 203. The molecule has 0 radical (unpaired) electrons. The summed E-state index contributed by atoms with van der Waals surface area (Å²) in [5.74, 6) is 0.491. The Morgan fingerprint density at radius 3 is 2.62 bits per heavy atom. The second kappa shape index (κ2) is 3.54. The second-order valence-corrected chi connectivity index (χ2v) is 4.46. The van der Waals surface area contributed by atoms with Gasteiger partial charge >= 0.3 is 6.03 Å². The van der Waals surface area contributed by atoms with E-state index in [4.69, 9.17) is 11.5 Å². The van der Waals surface area contributed by atoms with Gasteiger partial charge in [-0.05, 0) is 24.3 Å². The molecule has 1 atom stereocenters. The molecule has 0 saturated carbocycles. The van der Waals surface area contributed by atoms with Crippen molar-refractivity contribution in [1.29, 1.82) is 0 Å². The fourth-order valence-corrected chi connectivity index (χ4v) is 1.76. The molecule has 4 heteroatoms. The van der Waals surface area contributed by atoms with E-state index in [0.717, 1.165) is 19.5 Å². The van der Waals surface area contributed by atoms with E-state index in [1.807, 2.05) is 0 Å². The van der Waals surface area contributed by atoms with Crippen molar-refractivity contribution in [2.45, 2.75) is 20.3 Å². The van der Waals surface area contributed by atoms with Crippen LogP contribution in [0.15, 0.2) is 0 Å². The van der Waals surface area contributed by atoms with Gasteiger partial charge in [-0.1, -0.05) is 13.8 Å². The average Bonchev–Trinajstić information content (AvgIpc) is 2.52. The minimum atomic E-state index is -0.310. The predicted molar refractivity (Wildman–Crippen MR) is 52.1 cm³/mol. The third-order valence-corrected chi connectivity index (χ3v) is 3.13. The lowest BCUT2D eigenvalue weighted by molar-refractivity contribution is 0.200. The Balaban J connectivity index is 2.54. The number of hydrogen-bond acceptors (Lipinski definition) is 2. The van der Waals surface area contributed by atoms with E-state index in [-0.39, 0.29) is 11.4 Å². The lowest BCUT2D eigenvalue weighted by Gasteiger charge is -2.29. The summed E-state index contributed by atoms with van der Waals surface area (Å²) in [4.78, 5) is 12.6. The fraction of sp³-hybridized carbons (Fsp3) is 0.889. The number of carbonyl (C=O) groups is 1. The summed E-state index contributed by atoms with van der Waals surface area (Å²) in [7, 11) is 0. The lowest BCUT2D eigenvalue weighted by Crippen LogP contribution is -2.37. The highest BCUT2D eigenvalue weighted by Gasteiger charge is 2.35. The molecule has 4 N–H and O–H groups in total. The van der Waals surface area contributed by atoms with Crippen molar-refractivity contribution in [2.24, 2.45) is 22.8 Å². The smallest absolute Gasteiger partial charge is 0.314 e. The topological polar surface area (TPSA) is 72.3 Å². The fourth-order valence-electron chi connectivity index (χ4n) is 1.76. The van der Waals surface area contributed by atoms with Gasteiger partial charge in [0.05, 0.1) is 0 Å². The average molecular weight is 185 g/mol. The van der Waals surface area contributed by atoms with E-state index in [1.54, 1.807) is 4.90 Å². The van der Waals surface area contributed by atoms with Crippen molar-refractivity contribution in [3.63, 3.8) is 0 Å². The highest BCUT2D eigenvalue weighted by molar-refractivity contribution is 5.72. The Kier molecular flexibility index (Phi) is 2.81. The van der Waals surface area contributed by atoms with Crippen LogP contribution in [0.2, 0.25) is 0 Å². The van der Waals surface area contributed by atoms with Crippen LogP contribution in [0.3, 0.4) is 0 Å². The molecule has 1 rings (SSSR count). The number of likely N-dealkylation sites (tertiary alicyclic amines) is 1. The number of hydrogen-bond donors (Lipinski definition) is 2. The zero-order valence-corrected chi connectivity index (χ0v) is 8.42. The van der Waals surface area contributed by atoms with Crippen LogP contribution < -0.4 is 11.5 Å². The van der Waals surface area contributed by atoms with Crippen molar-refractivity contribution in [3.05, 3.63) is 0 Å². The lowest BCUT2D eigenvalue weighted by atomic mass is 9.78. The quantitative estimate of drug-likeness (QED) is 0.652. The summed E-state index contributed by atoms with van der Waals surface area (Å²) in [6, 6.07) is -0.310. The summed E-state index contributed by atoms with van der Waals surface area (Å²) < 4.78 is 0. The molecule has 0 aliphatic carbocycles. The second-order valence-electron chi connectivity index (χ2n) is 4.46. The number of nitrogens with two attached hydrogens (primary N) is 2. The van der Waals surface area contributed by atoms with Crippen LogP contribution in [0, 0.1) is 11.3 Å². The van der Waals surface area contributed by atoms with Crippen molar-refractivity contribution >= 4 is 6.03 Å². The Hall–Kier alpha value is -0.770. The largest absolute Gasteiger partial charge is 0.351 e. The van der Waals surface area contributed by atoms with Gasteiger partial charge in [-0.3, -0.25) is 0 Å². The summed E-state index contributed by atoms with van der Waals surface area (Å²) >= 11 is 0. The number of rotatable bonds is 2. The van der Waals surface area contributed by atoms with E-state index >= 15 is 0 Å². The number of carbonyl (C=O) groups excluding carboxylic acids is 1. The number of nitrogens with zero attached hydrogens (tertiary/aromatic N) is 1. The molecule has 13 heavy (non-hydrogen) atoms. The first-order valence-corrected chi connectivity index (χ1v) is 4.72. The predicted octanol–water partition coefficient (Wildman–Crippen LogP) is 0.372. The van der Waals surface area contributed by atoms with Crippen molar-refractivity contribution in [1.82, 2.24) is 4.90 Å². The molecule has 1 aliphatic heterocycles. The van der Waals surface area contributed by atoms with Crippen molar-refractivity contribution < 1.29 is 4.79 Å². The zero-order valence-electron chi connectivity index (χ0n) is 8.42. The third kappa shape index (κ3) is 2.12. The standard InChI is InChI=1S/C9H19N3O/c1-9(2,6-10)7-3-4-12(5-7)8(11)13/h7H,3-6,10H2,1-2H3,(H2,11,13). The minimum absolute atomic E-state index is 0.115. The van der Waals surface area contributed by atoms with Gasteiger partial charge in [0.2, 0.25) is 0 Å². The molecule has 0 aromatic carbocycles. The Morgan fingerprint density at radius 2 is 2.23 bits per heavy atom. The molecule has 0 bridgehead atoms. The summed E-state index contributed by atoms with van der Waals surface area (Å²) in [5.41, 5.74) is 11.0. The first-order chi connectivity index (χ1) is 5.97. The first kappa shape index (κ1) is 10.3. The van der Waals surface area contributed by atoms with Crippen molar-refractivity contribution in [2.75, 3.05) is 19.6 Å². The summed E-state index contributed by atoms with van der Waals surface area (Å²) in [6.45, 7) is 6.48. The maximum atomic E-state index is 10.9. The minimum Gasteiger partial charge on any atom is -0.351 e. The number of amides is 2. The molecule has 1 fully saturated rings. The molecule has 1 saturated heterocycles. The Morgan fingerprint density at radius 1 is 1.62 bits per heavy atom. The highest BCUT2D eigenvalue weighted by atomic mass is 16.2. The van der Waals surface area contributed by atoms with Crippen LogP contribution in [0.25, 0.3) is 0 Å². The van der Waals surface area contributed by atoms with E-state index in [2.05, 4.69) is 13.8 Å². The molecular formula is C9H19N3O. The van der Waals surface area contributed by atoms with E-state index in [9.17, 15) is 4.79 Å². The van der Waals surface area contributed by atoms with Gasteiger partial charge in [-0.15, -0.1) is 0 Å². The van der Waals surface area contributed by atoms with Crippen LogP contribution in [-0.4, -0.2) is 30.6 Å². The van der Waals surface area contributed by atoms with Gasteiger partial charge in [-0.2, -0.15) is 0 Å². The van der Waals surface area contributed by atoms with Crippen LogP contribution in [0.5, 0.6) is 0 Å². The van der Waals surface area contributed by atoms with Gasteiger partial charge in [0.15, 0.2) is 0 Å². The van der Waals surface area contributed by atoms with Gasteiger partial charge in [0.25, 0.3) is 0 Å². The highest BCUT2D eigenvalue weighted by Crippen LogP contribution is 2.32. The molecule has 1 aliphatic rings. The summed E-state index contributed by atoms with van der Waals surface area (Å²) in [6.07, 6.45) is 1.02. The molecular weight excluding hydrogens is 166 g/mol. The van der Waals surface area contributed by atoms with Crippen LogP contribution in [0.4, 0.5) is 4.79 Å². The first-order valence-electron chi connectivity index (χ1n) is 4.72. The maximum Gasteiger partial charge on any atom is 0.314 e. The van der Waals surface area contributed by atoms with Gasteiger partial charge in [-0.25, -0.2) is 4.79 Å². The molecule has 0 aromatic heterocycles. The molecule has 0 spiro atoms.